The van der Waals surface area contributed by atoms with Crippen molar-refractivity contribution in [2.75, 3.05) is 11.5 Å². The van der Waals surface area contributed by atoms with E-state index in [4.69, 9.17) is 5.73 Å². The van der Waals surface area contributed by atoms with E-state index >= 15 is 0 Å². The van der Waals surface area contributed by atoms with Gasteiger partial charge in [0.1, 0.15) is 0 Å². The van der Waals surface area contributed by atoms with Gasteiger partial charge in [0.15, 0.2) is 0 Å². The summed E-state index contributed by atoms with van der Waals surface area (Å²) in [6.07, 6.45) is 3.29. The molecule has 0 amide bonds. The van der Waals surface area contributed by atoms with Crippen molar-refractivity contribution in [3.8, 4) is 0 Å². The van der Waals surface area contributed by atoms with Gasteiger partial charge in [0, 0.05) is 5.39 Å². The van der Waals surface area contributed by atoms with E-state index in [0.717, 1.165) is 30.4 Å². The number of hydrogen-bond acceptors (Lipinski definition) is 5. The van der Waals surface area contributed by atoms with Crippen LogP contribution in [0.15, 0.2) is 29.2 Å². The molecular formula is C14H17N3O2S. The largest absolute Gasteiger partial charge is 0.378 e. The maximum Gasteiger partial charge on any atom is 0.325 e. The minimum absolute atomic E-state index is 0.00769. The quantitative estimate of drug-likeness (QED) is 0.376. The van der Waals surface area contributed by atoms with Crippen molar-refractivity contribution in [2.45, 2.75) is 31.1 Å². The molecule has 0 aliphatic rings. The molecule has 1 aromatic carbocycles. The molecule has 20 heavy (non-hydrogen) atoms. The fourth-order valence-electron chi connectivity index (χ4n) is 2.04. The predicted molar refractivity (Wildman–Crippen MR) is 83.1 cm³/mol. The van der Waals surface area contributed by atoms with E-state index < -0.39 is 4.92 Å². The second-order valence-corrected chi connectivity index (χ2v) is 5.61. The van der Waals surface area contributed by atoms with Gasteiger partial charge in [-0.3, -0.25) is 10.1 Å². The van der Waals surface area contributed by atoms with Crippen LogP contribution in [-0.2, 0) is 0 Å². The van der Waals surface area contributed by atoms with E-state index in [1.54, 1.807) is 0 Å². The number of para-hydroxylation sites is 1. The summed E-state index contributed by atoms with van der Waals surface area (Å²) in [6.45, 7) is 2.13. The highest BCUT2D eigenvalue weighted by atomic mass is 32.2. The topological polar surface area (TPSA) is 82.0 Å². The molecular weight excluding hydrogens is 274 g/mol. The number of nitro groups is 1. The number of nitrogen functional groups attached to an aromatic ring is 1. The van der Waals surface area contributed by atoms with Gasteiger partial charge in [-0.1, -0.05) is 38.0 Å². The lowest BCUT2D eigenvalue weighted by Crippen LogP contribution is -2.01. The van der Waals surface area contributed by atoms with Crippen molar-refractivity contribution >= 4 is 34.2 Å². The zero-order valence-electron chi connectivity index (χ0n) is 11.3. The second kappa shape index (κ2) is 6.56. The van der Waals surface area contributed by atoms with Gasteiger partial charge in [-0.25, -0.2) is 4.98 Å². The Morgan fingerprint density at radius 2 is 2.10 bits per heavy atom. The molecule has 0 atom stereocenters. The first-order valence-corrected chi connectivity index (χ1v) is 7.59. The highest BCUT2D eigenvalue weighted by Gasteiger charge is 2.23. The van der Waals surface area contributed by atoms with E-state index in [9.17, 15) is 10.1 Å². The molecule has 0 saturated carbocycles. The minimum Gasteiger partial charge on any atom is -0.378 e. The molecule has 0 spiro atoms. The first kappa shape index (κ1) is 14.6. The fraction of sp³-hybridized carbons (Fsp3) is 0.357. The Kier molecular flexibility index (Phi) is 4.79. The molecule has 0 fully saturated rings. The number of aromatic nitrogens is 1. The highest BCUT2D eigenvalue weighted by molar-refractivity contribution is 7.99. The second-order valence-electron chi connectivity index (χ2n) is 4.50. The van der Waals surface area contributed by atoms with Gasteiger partial charge in [-0.15, -0.1) is 11.8 Å². The van der Waals surface area contributed by atoms with Crippen molar-refractivity contribution < 1.29 is 4.92 Å². The van der Waals surface area contributed by atoms with Gasteiger partial charge < -0.3 is 5.73 Å². The summed E-state index contributed by atoms with van der Waals surface area (Å²) in [4.78, 5) is 15.6. The molecule has 2 aromatic rings. The average Bonchev–Trinajstić information content (AvgIpc) is 2.42. The van der Waals surface area contributed by atoms with Gasteiger partial charge in [0.25, 0.3) is 0 Å². The monoisotopic (exact) mass is 291 g/mol. The first-order valence-electron chi connectivity index (χ1n) is 6.60. The number of nitrogens with zero attached hydrogens (tertiary/aromatic N) is 2. The van der Waals surface area contributed by atoms with Crippen LogP contribution in [-0.4, -0.2) is 15.7 Å². The van der Waals surface area contributed by atoms with Crippen LogP contribution in [0.25, 0.3) is 10.9 Å². The zero-order valence-corrected chi connectivity index (χ0v) is 12.2. The number of fused-ring (bicyclic) bond motifs is 1. The molecule has 6 heteroatoms. The summed E-state index contributed by atoms with van der Waals surface area (Å²) in [5.41, 5.74) is 6.39. The van der Waals surface area contributed by atoms with Crippen LogP contribution < -0.4 is 5.73 Å². The molecule has 1 aromatic heterocycles. The Bertz CT molecular complexity index is 631. The summed E-state index contributed by atoms with van der Waals surface area (Å²) in [5.74, 6) is 0.842. The Balaban J connectivity index is 2.46. The fourth-order valence-corrected chi connectivity index (χ4v) is 3.24. The normalized spacial score (nSPS) is 10.8. The number of hydrogen-bond donors (Lipinski definition) is 1. The Labute approximate surface area is 121 Å². The maximum atomic E-state index is 11.2. The summed E-state index contributed by atoms with van der Waals surface area (Å²) >= 11 is 1.50. The molecule has 0 unspecified atom stereocenters. The lowest BCUT2D eigenvalue weighted by Gasteiger charge is -2.08. The number of rotatable bonds is 6. The van der Waals surface area contributed by atoms with E-state index in [0.29, 0.717) is 10.4 Å². The van der Waals surface area contributed by atoms with E-state index in [1.807, 2.05) is 24.3 Å². The van der Waals surface area contributed by atoms with Crippen molar-refractivity contribution in [3.63, 3.8) is 0 Å². The van der Waals surface area contributed by atoms with Crippen LogP contribution in [0.5, 0.6) is 0 Å². The first-order chi connectivity index (χ1) is 9.65. The molecule has 1 heterocycles. The van der Waals surface area contributed by atoms with Gasteiger partial charge >= 0.3 is 5.69 Å². The third-order valence-electron chi connectivity index (χ3n) is 3.02. The van der Waals surface area contributed by atoms with Crippen molar-refractivity contribution in [1.29, 1.82) is 0 Å². The van der Waals surface area contributed by atoms with Crippen molar-refractivity contribution in [2.24, 2.45) is 0 Å². The molecule has 5 nitrogen and oxygen atoms in total. The SMILES string of the molecule is CCCCCSc1c([N+](=O)[O-])c(N)nc2ccccc12. The number of nitrogens with two attached hydrogens (primary N) is 1. The van der Waals surface area contributed by atoms with Crippen LogP contribution >= 0.6 is 11.8 Å². The number of thioether (sulfide) groups is 1. The number of anilines is 1. The third kappa shape index (κ3) is 3.01. The van der Waals surface area contributed by atoms with Gasteiger partial charge in [-0.2, -0.15) is 0 Å². The van der Waals surface area contributed by atoms with Crippen molar-refractivity contribution in [3.05, 3.63) is 34.4 Å². The van der Waals surface area contributed by atoms with Gasteiger partial charge in [0.2, 0.25) is 5.82 Å². The molecule has 0 aliphatic heterocycles. The lowest BCUT2D eigenvalue weighted by atomic mass is 10.2. The summed E-state index contributed by atoms with van der Waals surface area (Å²) in [7, 11) is 0. The zero-order chi connectivity index (χ0) is 14.5. The van der Waals surface area contributed by atoms with Crippen LogP contribution in [0.1, 0.15) is 26.2 Å². The van der Waals surface area contributed by atoms with E-state index in [2.05, 4.69) is 11.9 Å². The van der Waals surface area contributed by atoms with E-state index in [-0.39, 0.29) is 11.5 Å². The number of benzene rings is 1. The lowest BCUT2D eigenvalue weighted by molar-refractivity contribution is -0.386. The summed E-state index contributed by atoms with van der Waals surface area (Å²) in [5, 5.41) is 12.0. The molecule has 2 N–H and O–H groups in total. The van der Waals surface area contributed by atoms with Crippen LogP contribution in [0, 0.1) is 10.1 Å². The van der Waals surface area contributed by atoms with Crippen LogP contribution in [0.4, 0.5) is 11.5 Å². The summed E-state index contributed by atoms with van der Waals surface area (Å²) in [6, 6.07) is 7.40. The highest BCUT2D eigenvalue weighted by Crippen LogP contribution is 2.39. The smallest absolute Gasteiger partial charge is 0.325 e. The number of unbranched alkanes of at least 4 members (excludes halogenated alkanes) is 2. The maximum absolute atomic E-state index is 11.2. The predicted octanol–water partition coefficient (Wildman–Crippen LogP) is 4.01. The number of pyridine rings is 1. The molecule has 0 radical (unpaired) electrons. The van der Waals surface area contributed by atoms with Crippen molar-refractivity contribution in [1.82, 2.24) is 4.98 Å². The Hall–Kier alpha value is -1.82. The standard InChI is InChI=1S/C14H17N3O2S/c1-2-3-6-9-20-13-10-7-4-5-8-11(10)16-14(15)12(13)17(18)19/h4-5,7-8H,2-3,6,9H2,1H3,(H2,15,16). The third-order valence-corrected chi connectivity index (χ3v) is 4.22. The van der Waals surface area contributed by atoms with E-state index in [1.165, 1.54) is 11.8 Å². The molecule has 0 saturated heterocycles. The van der Waals surface area contributed by atoms with Gasteiger partial charge in [0.05, 0.1) is 15.3 Å². The average molecular weight is 291 g/mol. The molecule has 0 aliphatic carbocycles. The Morgan fingerprint density at radius 3 is 2.80 bits per heavy atom. The van der Waals surface area contributed by atoms with Crippen LogP contribution in [0.2, 0.25) is 0 Å². The van der Waals surface area contributed by atoms with Gasteiger partial charge in [-0.05, 0) is 18.2 Å². The molecule has 2 rings (SSSR count). The Morgan fingerprint density at radius 1 is 1.35 bits per heavy atom. The van der Waals surface area contributed by atoms with Crippen LogP contribution in [0.3, 0.4) is 0 Å². The summed E-state index contributed by atoms with van der Waals surface area (Å²) < 4.78 is 0. The minimum atomic E-state index is -0.434. The molecule has 106 valence electrons. The molecule has 0 bridgehead atoms.